The van der Waals surface area contributed by atoms with Gasteiger partial charge >= 0.3 is 0 Å². The zero-order valence-corrected chi connectivity index (χ0v) is 13.5. The summed E-state index contributed by atoms with van der Waals surface area (Å²) in [5.41, 5.74) is 1.38. The van der Waals surface area contributed by atoms with Gasteiger partial charge in [-0.25, -0.2) is 0 Å². The van der Waals surface area contributed by atoms with Gasteiger partial charge in [0, 0.05) is 6.04 Å². The number of benzene rings is 1. The second-order valence-corrected chi connectivity index (χ2v) is 5.75. The Balaban J connectivity index is 2.11. The highest BCUT2D eigenvalue weighted by Gasteiger charge is 2.02. The van der Waals surface area contributed by atoms with Crippen LogP contribution in [0, 0.1) is 0 Å². The molecule has 20 heavy (non-hydrogen) atoms. The van der Waals surface area contributed by atoms with Crippen LogP contribution in [0.2, 0.25) is 0 Å². The largest absolute Gasteiger partial charge is 0.497 e. The predicted octanol–water partition coefficient (Wildman–Crippen LogP) is 2.95. The number of rotatable bonds is 10. The summed E-state index contributed by atoms with van der Waals surface area (Å²) in [6, 6.07) is 8.96. The lowest BCUT2D eigenvalue weighted by Gasteiger charge is -2.14. The van der Waals surface area contributed by atoms with E-state index in [-0.39, 0.29) is 0 Å². The van der Waals surface area contributed by atoms with Crippen molar-refractivity contribution in [3.63, 3.8) is 0 Å². The molecule has 0 fully saturated rings. The van der Waals surface area contributed by atoms with Gasteiger partial charge in [0.15, 0.2) is 0 Å². The molecule has 0 aliphatic heterocycles. The van der Waals surface area contributed by atoms with E-state index >= 15 is 0 Å². The highest BCUT2D eigenvalue weighted by atomic mass is 16.5. The van der Waals surface area contributed by atoms with Crippen LogP contribution in [-0.2, 0) is 6.42 Å². The average molecular weight is 278 g/mol. The van der Waals surface area contributed by atoms with Crippen molar-refractivity contribution in [3.8, 4) is 5.75 Å². The number of hydrogen-bond acceptors (Lipinski definition) is 3. The molecule has 3 nitrogen and oxygen atoms in total. The average Bonchev–Trinajstić information content (AvgIpc) is 2.45. The molecule has 1 rings (SSSR count). The molecule has 0 amide bonds. The Morgan fingerprint density at radius 2 is 1.85 bits per heavy atom. The minimum Gasteiger partial charge on any atom is -0.497 e. The SMILES string of the molecule is COc1ccc(CCC(C)NCCCCN(C)C)cc1. The van der Waals surface area contributed by atoms with Crippen molar-refractivity contribution < 1.29 is 4.74 Å². The van der Waals surface area contributed by atoms with Crippen LogP contribution >= 0.6 is 0 Å². The number of nitrogens with one attached hydrogen (secondary N) is 1. The van der Waals surface area contributed by atoms with E-state index in [1.807, 2.05) is 12.1 Å². The predicted molar refractivity (Wildman–Crippen MR) is 86.6 cm³/mol. The standard InChI is InChI=1S/C17H30N2O/c1-15(18-13-5-6-14-19(2)3)7-8-16-9-11-17(20-4)12-10-16/h9-12,15,18H,5-8,13-14H2,1-4H3. The van der Waals surface area contributed by atoms with Crippen molar-refractivity contribution in [1.29, 1.82) is 0 Å². The fraction of sp³-hybridized carbons (Fsp3) is 0.647. The van der Waals surface area contributed by atoms with Crippen molar-refractivity contribution >= 4 is 0 Å². The van der Waals surface area contributed by atoms with Gasteiger partial charge in [0.1, 0.15) is 5.75 Å². The number of hydrogen-bond donors (Lipinski definition) is 1. The minimum absolute atomic E-state index is 0.580. The number of aryl methyl sites for hydroxylation is 1. The van der Waals surface area contributed by atoms with Gasteiger partial charge < -0.3 is 15.0 Å². The van der Waals surface area contributed by atoms with Gasteiger partial charge in [-0.2, -0.15) is 0 Å². The third-order valence-corrected chi connectivity index (χ3v) is 3.55. The molecule has 0 saturated heterocycles. The van der Waals surface area contributed by atoms with E-state index in [1.54, 1.807) is 7.11 Å². The van der Waals surface area contributed by atoms with Crippen LogP contribution in [0.25, 0.3) is 0 Å². The van der Waals surface area contributed by atoms with Crippen LogP contribution in [0.15, 0.2) is 24.3 Å². The van der Waals surface area contributed by atoms with Crippen LogP contribution in [0.5, 0.6) is 5.75 Å². The summed E-state index contributed by atoms with van der Waals surface area (Å²) >= 11 is 0. The Morgan fingerprint density at radius 1 is 1.15 bits per heavy atom. The highest BCUT2D eigenvalue weighted by molar-refractivity contribution is 5.27. The lowest BCUT2D eigenvalue weighted by atomic mass is 10.1. The zero-order chi connectivity index (χ0) is 14.8. The first kappa shape index (κ1) is 17.0. The topological polar surface area (TPSA) is 24.5 Å². The summed E-state index contributed by atoms with van der Waals surface area (Å²) < 4.78 is 5.17. The van der Waals surface area contributed by atoms with Crippen molar-refractivity contribution in [2.45, 2.75) is 38.6 Å². The smallest absolute Gasteiger partial charge is 0.118 e. The van der Waals surface area contributed by atoms with E-state index in [1.165, 1.54) is 31.4 Å². The molecule has 114 valence electrons. The summed E-state index contributed by atoms with van der Waals surface area (Å²) in [5, 5.41) is 3.61. The molecule has 0 aliphatic rings. The molecule has 0 bridgehead atoms. The van der Waals surface area contributed by atoms with Crippen molar-refractivity contribution in [3.05, 3.63) is 29.8 Å². The Hall–Kier alpha value is -1.06. The normalized spacial score (nSPS) is 12.7. The van der Waals surface area contributed by atoms with Crippen LogP contribution in [-0.4, -0.2) is 45.2 Å². The maximum absolute atomic E-state index is 5.17. The number of methoxy groups -OCH3 is 1. The summed E-state index contributed by atoms with van der Waals surface area (Å²) in [7, 11) is 5.97. The van der Waals surface area contributed by atoms with E-state index < -0.39 is 0 Å². The van der Waals surface area contributed by atoms with Gasteiger partial charge in [0.25, 0.3) is 0 Å². The van der Waals surface area contributed by atoms with Crippen LogP contribution in [0.4, 0.5) is 0 Å². The van der Waals surface area contributed by atoms with Crippen LogP contribution < -0.4 is 10.1 Å². The highest BCUT2D eigenvalue weighted by Crippen LogP contribution is 2.13. The molecule has 1 aromatic carbocycles. The van der Waals surface area contributed by atoms with Gasteiger partial charge in [0.05, 0.1) is 7.11 Å². The van der Waals surface area contributed by atoms with E-state index in [2.05, 4.69) is 43.4 Å². The van der Waals surface area contributed by atoms with Crippen molar-refractivity contribution in [1.82, 2.24) is 10.2 Å². The zero-order valence-electron chi connectivity index (χ0n) is 13.5. The van der Waals surface area contributed by atoms with Gasteiger partial charge in [-0.15, -0.1) is 0 Å². The second kappa shape index (κ2) is 9.78. The molecule has 1 N–H and O–H groups in total. The van der Waals surface area contributed by atoms with Gasteiger partial charge in [0.2, 0.25) is 0 Å². The molecule has 1 aromatic rings. The Bertz CT molecular complexity index is 349. The molecule has 1 atom stereocenters. The minimum atomic E-state index is 0.580. The molecule has 0 aliphatic carbocycles. The monoisotopic (exact) mass is 278 g/mol. The van der Waals surface area contributed by atoms with Gasteiger partial charge in [-0.3, -0.25) is 0 Å². The van der Waals surface area contributed by atoms with E-state index in [9.17, 15) is 0 Å². The molecule has 0 heterocycles. The summed E-state index contributed by atoms with van der Waals surface area (Å²) in [5.74, 6) is 0.931. The van der Waals surface area contributed by atoms with Crippen LogP contribution in [0.1, 0.15) is 31.7 Å². The Morgan fingerprint density at radius 3 is 2.45 bits per heavy atom. The lowest BCUT2D eigenvalue weighted by Crippen LogP contribution is -2.28. The first-order valence-corrected chi connectivity index (χ1v) is 7.63. The maximum atomic E-state index is 5.17. The Kier molecular flexibility index (Phi) is 8.31. The third-order valence-electron chi connectivity index (χ3n) is 3.55. The molecule has 1 unspecified atom stereocenters. The summed E-state index contributed by atoms with van der Waals surface area (Å²) in [4.78, 5) is 2.24. The summed E-state index contributed by atoms with van der Waals surface area (Å²) in [6.45, 7) is 4.58. The molecule has 0 radical (unpaired) electrons. The fourth-order valence-electron chi connectivity index (χ4n) is 2.18. The molecular weight excluding hydrogens is 248 g/mol. The van der Waals surface area contributed by atoms with Crippen molar-refractivity contribution in [2.24, 2.45) is 0 Å². The molecule has 0 aromatic heterocycles. The van der Waals surface area contributed by atoms with Gasteiger partial charge in [-0.1, -0.05) is 12.1 Å². The molecular formula is C17H30N2O. The van der Waals surface area contributed by atoms with Gasteiger partial charge in [-0.05, 0) is 77.5 Å². The van der Waals surface area contributed by atoms with Crippen LogP contribution in [0.3, 0.4) is 0 Å². The number of nitrogens with zero attached hydrogens (tertiary/aromatic N) is 1. The Labute approximate surface area is 124 Å². The first-order valence-electron chi connectivity index (χ1n) is 7.63. The molecule has 0 saturated carbocycles. The number of unbranched alkanes of at least 4 members (excludes halogenated alkanes) is 1. The third kappa shape index (κ3) is 7.51. The van der Waals surface area contributed by atoms with Crippen molar-refractivity contribution in [2.75, 3.05) is 34.3 Å². The summed E-state index contributed by atoms with van der Waals surface area (Å²) in [6.07, 6.45) is 4.83. The number of ether oxygens (including phenoxy) is 1. The fourth-order valence-corrected chi connectivity index (χ4v) is 2.18. The quantitative estimate of drug-likeness (QED) is 0.666. The van der Waals surface area contributed by atoms with E-state index in [4.69, 9.17) is 4.74 Å². The second-order valence-electron chi connectivity index (χ2n) is 5.75. The molecule has 0 spiro atoms. The maximum Gasteiger partial charge on any atom is 0.118 e. The lowest BCUT2D eigenvalue weighted by molar-refractivity contribution is 0.387. The first-order chi connectivity index (χ1) is 9.61. The molecule has 3 heteroatoms. The van der Waals surface area contributed by atoms with E-state index in [0.717, 1.165) is 18.7 Å². The van der Waals surface area contributed by atoms with E-state index in [0.29, 0.717) is 6.04 Å².